The molecule has 0 aliphatic heterocycles. The molecule has 33 heavy (non-hydrogen) atoms. The van der Waals surface area contributed by atoms with Crippen molar-refractivity contribution in [2.45, 2.75) is 33.7 Å². The number of halogens is 2. The van der Waals surface area contributed by atoms with Gasteiger partial charge in [0.1, 0.15) is 11.6 Å². The molecule has 3 N–H and O–H groups in total. The molecular formula is C25H25ClFN5O. The number of rotatable bonds is 7. The van der Waals surface area contributed by atoms with Crippen molar-refractivity contribution < 1.29 is 9.18 Å². The zero-order valence-electron chi connectivity index (χ0n) is 18.7. The van der Waals surface area contributed by atoms with E-state index in [4.69, 9.17) is 17.3 Å². The fourth-order valence-corrected chi connectivity index (χ4v) is 3.71. The van der Waals surface area contributed by atoms with Crippen LogP contribution in [0.1, 0.15) is 29.3 Å². The van der Waals surface area contributed by atoms with Gasteiger partial charge in [-0.3, -0.25) is 14.8 Å². The number of allylic oxidation sites excluding steroid dienone is 2. The summed E-state index contributed by atoms with van der Waals surface area (Å²) in [5.41, 5.74) is 10.1. The lowest BCUT2D eigenvalue weighted by Crippen LogP contribution is -2.25. The third-order valence-corrected chi connectivity index (χ3v) is 5.52. The first kappa shape index (κ1) is 24.1. The third kappa shape index (κ3) is 5.62. The van der Waals surface area contributed by atoms with E-state index in [-0.39, 0.29) is 12.3 Å². The first-order chi connectivity index (χ1) is 15.7. The SMILES string of the molecule is C=N/C(=C\C(=C/C)C(=O)NCc1c(C)cc(N)nc1C)Cc1ccc2ncc(Cl)cc2c1F. The standard InChI is InChI=1S/C25H25ClFN5O/c1-5-16(25(33)31-13-21-14(2)8-23(28)32-15(21)3)9-19(29-4)10-17-6-7-22-20(24(17)27)11-18(26)12-30-22/h5-9,11-12H,4,10,13H2,1-3H3,(H2,28,32)(H,31,33)/b16-5+,19-9-. The molecule has 1 amide bonds. The van der Waals surface area contributed by atoms with Crippen molar-refractivity contribution in [2.24, 2.45) is 4.99 Å². The number of amides is 1. The predicted octanol–water partition coefficient (Wildman–Crippen LogP) is 5.01. The van der Waals surface area contributed by atoms with Gasteiger partial charge in [0.05, 0.1) is 10.5 Å². The molecule has 170 valence electrons. The van der Waals surface area contributed by atoms with Crippen molar-refractivity contribution in [1.82, 2.24) is 15.3 Å². The van der Waals surface area contributed by atoms with Crippen LogP contribution in [0.15, 0.2) is 58.9 Å². The van der Waals surface area contributed by atoms with Crippen LogP contribution in [0.25, 0.3) is 10.9 Å². The molecule has 0 atom stereocenters. The number of pyridine rings is 2. The second-order valence-corrected chi connectivity index (χ2v) is 8.02. The maximum absolute atomic E-state index is 15.0. The van der Waals surface area contributed by atoms with Gasteiger partial charge < -0.3 is 11.1 Å². The van der Waals surface area contributed by atoms with Gasteiger partial charge in [0.2, 0.25) is 0 Å². The molecule has 0 saturated heterocycles. The Morgan fingerprint density at radius 2 is 2.09 bits per heavy atom. The van der Waals surface area contributed by atoms with Gasteiger partial charge in [-0.05, 0) is 68.5 Å². The number of aryl methyl sites for hydroxylation is 2. The first-order valence-electron chi connectivity index (χ1n) is 10.3. The molecule has 0 spiro atoms. The summed E-state index contributed by atoms with van der Waals surface area (Å²) < 4.78 is 15.0. The molecule has 8 heteroatoms. The number of hydrogen-bond acceptors (Lipinski definition) is 5. The normalized spacial score (nSPS) is 12.2. The molecule has 3 rings (SSSR count). The highest BCUT2D eigenvalue weighted by Crippen LogP contribution is 2.25. The van der Waals surface area contributed by atoms with Crippen molar-refractivity contribution in [3.8, 4) is 0 Å². The highest BCUT2D eigenvalue weighted by atomic mass is 35.5. The van der Waals surface area contributed by atoms with E-state index >= 15 is 4.39 Å². The summed E-state index contributed by atoms with van der Waals surface area (Å²) in [6, 6.07) is 6.67. The van der Waals surface area contributed by atoms with Crippen molar-refractivity contribution in [1.29, 1.82) is 0 Å². The number of carbonyl (C=O) groups excluding carboxylic acids is 1. The lowest BCUT2D eigenvalue weighted by molar-refractivity contribution is -0.117. The molecule has 2 heterocycles. The number of carbonyl (C=O) groups is 1. The minimum Gasteiger partial charge on any atom is -0.384 e. The smallest absolute Gasteiger partial charge is 0.251 e. The van der Waals surface area contributed by atoms with Crippen LogP contribution in [0.5, 0.6) is 0 Å². The van der Waals surface area contributed by atoms with E-state index in [1.807, 2.05) is 13.8 Å². The third-order valence-electron chi connectivity index (χ3n) is 5.32. The van der Waals surface area contributed by atoms with Gasteiger partial charge in [-0.15, -0.1) is 0 Å². The minimum atomic E-state index is -0.426. The molecule has 0 fully saturated rings. The van der Waals surface area contributed by atoms with Crippen LogP contribution in [0.2, 0.25) is 5.02 Å². The Morgan fingerprint density at radius 3 is 2.76 bits per heavy atom. The fraction of sp³-hybridized carbons (Fsp3) is 0.200. The summed E-state index contributed by atoms with van der Waals surface area (Å²) in [6.45, 7) is 9.40. The largest absolute Gasteiger partial charge is 0.384 e. The molecule has 3 aromatic rings. The van der Waals surface area contributed by atoms with Crippen LogP contribution in [-0.4, -0.2) is 22.6 Å². The lowest BCUT2D eigenvalue weighted by atomic mass is 10.0. The van der Waals surface area contributed by atoms with Crippen LogP contribution in [0, 0.1) is 19.7 Å². The van der Waals surface area contributed by atoms with Gasteiger partial charge in [0.25, 0.3) is 5.91 Å². The van der Waals surface area contributed by atoms with E-state index < -0.39 is 5.82 Å². The van der Waals surface area contributed by atoms with Gasteiger partial charge in [0.15, 0.2) is 0 Å². The molecule has 0 saturated carbocycles. The van der Waals surface area contributed by atoms with Gasteiger partial charge in [-0.25, -0.2) is 9.37 Å². The van der Waals surface area contributed by atoms with Crippen LogP contribution in [0.4, 0.5) is 10.2 Å². The quantitative estimate of drug-likeness (QED) is 0.291. The van der Waals surface area contributed by atoms with Crippen molar-refractivity contribution in [2.75, 3.05) is 5.73 Å². The zero-order chi connectivity index (χ0) is 24.1. The van der Waals surface area contributed by atoms with Crippen molar-refractivity contribution >= 4 is 40.9 Å². The number of nitrogens with zero attached hydrogens (tertiary/aromatic N) is 3. The van der Waals surface area contributed by atoms with Crippen LogP contribution in [-0.2, 0) is 17.8 Å². The van der Waals surface area contributed by atoms with Gasteiger partial charge in [0, 0.05) is 41.5 Å². The molecule has 0 aliphatic rings. The molecule has 0 unspecified atom stereocenters. The summed E-state index contributed by atoms with van der Waals surface area (Å²) in [5, 5.41) is 3.58. The Balaban J connectivity index is 1.79. The highest BCUT2D eigenvalue weighted by Gasteiger charge is 2.13. The summed E-state index contributed by atoms with van der Waals surface area (Å²) >= 11 is 5.97. The van der Waals surface area contributed by atoms with Gasteiger partial charge >= 0.3 is 0 Å². The maximum Gasteiger partial charge on any atom is 0.251 e. The minimum absolute atomic E-state index is 0.155. The van der Waals surface area contributed by atoms with E-state index in [1.165, 1.54) is 12.3 Å². The molecule has 2 aromatic heterocycles. The van der Waals surface area contributed by atoms with Crippen molar-refractivity contribution in [3.05, 3.63) is 87.1 Å². The molecule has 0 aliphatic carbocycles. The summed E-state index contributed by atoms with van der Waals surface area (Å²) in [7, 11) is 0. The lowest BCUT2D eigenvalue weighted by Gasteiger charge is -2.12. The topological polar surface area (TPSA) is 93.3 Å². The number of nitrogens with one attached hydrogen (secondary N) is 1. The average molecular weight is 466 g/mol. The molecule has 1 aromatic carbocycles. The van der Waals surface area contributed by atoms with E-state index in [0.29, 0.717) is 45.1 Å². The Kier molecular flexibility index (Phi) is 7.55. The predicted molar refractivity (Wildman–Crippen MR) is 132 cm³/mol. The molecule has 0 radical (unpaired) electrons. The van der Waals surface area contributed by atoms with Gasteiger partial charge in [-0.1, -0.05) is 23.7 Å². The monoisotopic (exact) mass is 465 g/mol. The average Bonchev–Trinajstić information content (AvgIpc) is 2.77. The van der Waals surface area contributed by atoms with E-state index in [0.717, 1.165) is 16.8 Å². The number of aromatic nitrogens is 2. The maximum atomic E-state index is 15.0. The Hall–Kier alpha value is -3.58. The number of fused-ring (bicyclic) bond motifs is 1. The fourth-order valence-electron chi connectivity index (χ4n) is 3.55. The number of nitrogen functional groups attached to an aromatic ring is 1. The summed E-state index contributed by atoms with van der Waals surface area (Å²) in [6.07, 6.45) is 4.90. The molecule has 0 bridgehead atoms. The Bertz CT molecular complexity index is 1280. The van der Waals surface area contributed by atoms with Crippen LogP contribution < -0.4 is 11.1 Å². The zero-order valence-corrected chi connectivity index (χ0v) is 19.5. The van der Waals surface area contributed by atoms with E-state index in [2.05, 4.69) is 27.0 Å². The highest BCUT2D eigenvalue weighted by molar-refractivity contribution is 6.31. The Labute approximate surface area is 197 Å². The second kappa shape index (κ2) is 10.4. The Morgan fingerprint density at radius 1 is 1.33 bits per heavy atom. The summed E-state index contributed by atoms with van der Waals surface area (Å²) in [5.74, 6) is -0.271. The number of nitrogens with two attached hydrogens (primary N) is 1. The van der Waals surface area contributed by atoms with Crippen LogP contribution in [0.3, 0.4) is 0 Å². The van der Waals surface area contributed by atoms with Crippen LogP contribution >= 0.6 is 11.6 Å². The summed E-state index contributed by atoms with van der Waals surface area (Å²) in [4.78, 5) is 25.2. The number of hydrogen-bond donors (Lipinski definition) is 2. The van der Waals surface area contributed by atoms with E-state index in [1.54, 1.807) is 37.3 Å². The van der Waals surface area contributed by atoms with Crippen molar-refractivity contribution in [3.63, 3.8) is 0 Å². The van der Waals surface area contributed by atoms with E-state index in [9.17, 15) is 4.79 Å². The number of anilines is 1. The molecule has 6 nitrogen and oxygen atoms in total. The van der Waals surface area contributed by atoms with Gasteiger partial charge in [-0.2, -0.15) is 0 Å². The number of aliphatic imine (C=N–C) groups is 1. The molecular weight excluding hydrogens is 441 g/mol. The second-order valence-electron chi connectivity index (χ2n) is 7.58. The first-order valence-corrected chi connectivity index (χ1v) is 10.7. The number of benzene rings is 1.